The van der Waals surface area contributed by atoms with Crippen LogP contribution < -0.4 is 11.2 Å². The van der Waals surface area contributed by atoms with Crippen molar-refractivity contribution in [2.75, 3.05) is 0 Å². The number of nitro benzene ring substituents is 1. The van der Waals surface area contributed by atoms with Crippen LogP contribution in [-0.2, 0) is 6.54 Å². The molecule has 1 aliphatic carbocycles. The molecule has 0 spiro atoms. The number of hydrogen-bond donors (Lipinski definition) is 0. The fourth-order valence-electron chi connectivity index (χ4n) is 4.75. The molecule has 0 unspecified atom stereocenters. The molecule has 0 bridgehead atoms. The smallest absolute Gasteiger partial charge is 0.320 e. The molecule has 4 aromatic rings. The van der Waals surface area contributed by atoms with E-state index >= 15 is 0 Å². The minimum atomic E-state index is -0.460. The van der Waals surface area contributed by atoms with Crippen LogP contribution in [0.4, 0.5) is 5.69 Å². The highest BCUT2D eigenvalue weighted by atomic mass is 35.5. The molecule has 1 fully saturated rings. The summed E-state index contributed by atoms with van der Waals surface area (Å²) < 4.78 is 4.39. The van der Waals surface area contributed by atoms with Gasteiger partial charge in [0, 0.05) is 24.7 Å². The Morgan fingerprint density at radius 2 is 1.82 bits per heavy atom. The fourth-order valence-corrected chi connectivity index (χ4v) is 4.97. The van der Waals surface area contributed by atoms with Crippen molar-refractivity contribution in [2.45, 2.75) is 44.7 Å². The van der Waals surface area contributed by atoms with Crippen LogP contribution in [0.25, 0.3) is 16.9 Å². The summed E-state index contributed by atoms with van der Waals surface area (Å²) in [7, 11) is 0. The van der Waals surface area contributed by atoms with E-state index in [2.05, 4.69) is 4.98 Å². The number of fused-ring (bicyclic) bond motifs is 1. The number of non-ortho nitro benzene ring substituents is 1. The van der Waals surface area contributed by atoms with Gasteiger partial charge < -0.3 is 4.57 Å². The topological polar surface area (TPSA) is 105 Å². The van der Waals surface area contributed by atoms with E-state index in [1.165, 1.54) is 27.6 Å². The average molecular weight is 480 g/mol. The van der Waals surface area contributed by atoms with Crippen LogP contribution >= 0.6 is 11.6 Å². The summed E-state index contributed by atoms with van der Waals surface area (Å²) in [5, 5.41) is 11.6. The molecule has 0 radical (unpaired) electrons. The predicted molar refractivity (Wildman–Crippen MR) is 129 cm³/mol. The summed E-state index contributed by atoms with van der Waals surface area (Å²) in [5.74, 6) is 0. The second-order valence-corrected chi connectivity index (χ2v) is 8.92. The molecular weight excluding hydrogens is 458 g/mol. The third kappa shape index (κ3) is 3.81. The van der Waals surface area contributed by atoms with Crippen molar-refractivity contribution in [3.63, 3.8) is 0 Å². The lowest BCUT2D eigenvalue weighted by molar-refractivity contribution is -0.384. The highest BCUT2D eigenvalue weighted by molar-refractivity contribution is 6.32. The lowest BCUT2D eigenvalue weighted by Gasteiger charge is -2.24. The van der Waals surface area contributed by atoms with Crippen LogP contribution in [0.3, 0.4) is 0 Å². The Bertz CT molecular complexity index is 1510. The van der Waals surface area contributed by atoms with Gasteiger partial charge in [-0.05, 0) is 30.5 Å². The molecule has 10 heteroatoms. The Kier molecular flexibility index (Phi) is 5.79. The number of halogens is 1. The molecule has 2 heterocycles. The van der Waals surface area contributed by atoms with Crippen molar-refractivity contribution < 1.29 is 4.92 Å². The summed E-state index contributed by atoms with van der Waals surface area (Å²) in [6, 6.07) is 13.0. The molecule has 0 atom stereocenters. The number of benzene rings is 2. The molecule has 0 saturated heterocycles. The molecule has 174 valence electrons. The Hall–Kier alpha value is -3.72. The van der Waals surface area contributed by atoms with Gasteiger partial charge in [0.1, 0.15) is 0 Å². The van der Waals surface area contributed by atoms with Crippen molar-refractivity contribution in [3.05, 3.63) is 96.4 Å². The first kappa shape index (κ1) is 22.1. The molecule has 0 aliphatic heterocycles. The zero-order valence-corrected chi connectivity index (χ0v) is 19.0. The van der Waals surface area contributed by atoms with Crippen LogP contribution in [0.1, 0.15) is 43.7 Å². The second-order valence-electron chi connectivity index (χ2n) is 8.51. The molecule has 0 N–H and O–H groups in total. The van der Waals surface area contributed by atoms with E-state index in [4.69, 9.17) is 11.6 Å². The highest BCUT2D eigenvalue weighted by Crippen LogP contribution is 2.28. The van der Waals surface area contributed by atoms with Gasteiger partial charge in [-0.1, -0.05) is 55.1 Å². The van der Waals surface area contributed by atoms with Crippen LogP contribution in [0, 0.1) is 10.1 Å². The van der Waals surface area contributed by atoms with Gasteiger partial charge in [0.05, 0.1) is 22.0 Å². The Labute approximate surface area is 199 Å². The molecule has 0 amide bonds. The van der Waals surface area contributed by atoms with Crippen molar-refractivity contribution in [3.8, 4) is 5.69 Å². The number of nitrogens with zero attached hydrogens (tertiary/aromatic N) is 5. The van der Waals surface area contributed by atoms with Gasteiger partial charge in [0.2, 0.25) is 0 Å². The fraction of sp³-hybridized carbons (Fsp3) is 0.292. The SMILES string of the molecule is O=c1c2c(ncn2Cc2cccc([N+](=O)[O-])c2)n(-c2ccccc2Cl)c(=O)n1C1CCCCC1. The summed E-state index contributed by atoms with van der Waals surface area (Å²) in [4.78, 5) is 42.6. The van der Waals surface area contributed by atoms with E-state index in [0.717, 1.165) is 32.1 Å². The van der Waals surface area contributed by atoms with E-state index in [1.54, 1.807) is 41.0 Å². The van der Waals surface area contributed by atoms with E-state index in [-0.39, 0.29) is 29.4 Å². The van der Waals surface area contributed by atoms with E-state index in [1.807, 2.05) is 0 Å². The van der Waals surface area contributed by atoms with E-state index in [0.29, 0.717) is 16.3 Å². The van der Waals surface area contributed by atoms with Crippen molar-refractivity contribution in [1.82, 2.24) is 18.7 Å². The number of hydrogen-bond acceptors (Lipinski definition) is 5. The zero-order valence-electron chi connectivity index (χ0n) is 18.3. The van der Waals surface area contributed by atoms with E-state index in [9.17, 15) is 19.7 Å². The lowest BCUT2D eigenvalue weighted by atomic mass is 9.95. The number of nitro groups is 1. The first-order chi connectivity index (χ1) is 16.5. The van der Waals surface area contributed by atoms with Crippen LogP contribution in [0.5, 0.6) is 0 Å². The lowest BCUT2D eigenvalue weighted by Crippen LogP contribution is -2.43. The Morgan fingerprint density at radius 1 is 1.06 bits per heavy atom. The van der Waals surface area contributed by atoms with Crippen LogP contribution in [0.15, 0.2) is 64.4 Å². The number of imidazole rings is 1. The maximum atomic E-state index is 13.7. The highest BCUT2D eigenvalue weighted by Gasteiger charge is 2.26. The van der Waals surface area contributed by atoms with Gasteiger partial charge in [0.15, 0.2) is 11.2 Å². The molecule has 5 rings (SSSR count). The van der Waals surface area contributed by atoms with E-state index < -0.39 is 16.2 Å². The van der Waals surface area contributed by atoms with Gasteiger partial charge >= 0.3 is 5.69 Å². The predicted octanol–water partition coefficient (Wildman–Crippen LogP) is 4.46. The molecule has 1 aliphatic rings. The Balaban J connectivity index is 1.75. The zero-order chi connectivity index (χ0) is 23.8. The molecule has 1 saturated carbocycles. The monoisotopic (exact) mass is 479 g/mol. The summed E-state index contributed by atoms with van der Waals surface area (Å²) in [5.41, 5.74) is 0.667. The molecule has 34 heavy (non-hydrogen) atoms. The normalized spacial score (nSPS) is 14.5. The maximum Gasteiger partial charge on any atom is 0.337 e. The van der Waals surface area contributed by atoms with Gasteiger partial charge in [-0.2, -0.15) is 0 Å². The van der Waals surface area contributed by atoms with Crippen molar-refractivity contribution >= 4 is 28.5 Å². The van der Waals surface area contributed by atoms with Gasteiger partial charge in [-0.3, -0.25) is 19.5 Å². The quantitative estimate of drug-likeness (QED) is 0.310. The summed E-state index contributed by atoms with van der Waals surface area (Å²) in [6.07, 6.45) is 5.98. The minimum absolute atomic E-state index is 0.0329. The molecular formula is C24H22ClN5O4. The number of aromatic nitrogens is 4. The summed E-state index contributed by atoms with van der Waals surface area (Å²) in [6.45, 7) is 0.193. The first-order valence-corrected chi connectivity index (χ1v) is 11.5. The van der Waals surface area contributed by atoms with Crippen molar-refractivity contribution in [1.29, 1.82) is 0 Å². The number of rotatable bonds is 5. The minimum Gasteiger partial charge on any atom is -0.320 e. The second kappa shape index (κ2) is 8.90. The molecule has 2 aromatic carbocycles. The van der Waals surface area contributed by atoms with Crippen molar-refractivity contribution in [2.24, 2.45) is 0 Å². The Morgan fingerprint density at radius 3 is 2.56 bits per heavy atom. The average Bonchev–Trinajstić information content (AvgIpc) is 3.24. The van der Waals surface area contributed by atoms with Gasteiger partial charge in [-0.25, -0.2) is 14.3 Å². The van der Waals surface area contributed by atoms with Crippen LogP contribution in [0.2, 0.25) is 5.02 Å². The van der Waals surface area contributed by atoms with Gasteiger partial charge in [0.25, 0.3) is 11.2 Å². The van der Waals surface area contributed by atoms with Crippen LogP contribution in [-0.4, -0.2) is 23.6 Å². The first-order valence-electron chi connectivity index (χ1n) is 11.2. The third-order valence-corrected chi connectivity index (χ3v) is 6.68. The number of para-hydroxylation sites is 1. The van der Waals surface area contributed by atoms with Gasteiger partial charge in [-0.15, -0.1) is 0 Å². The standard InChI is InChI=1S/C24H22ClN5O4/c25-19-11-4-5-12-20(19)29-22-21(23(31)28(24(29)32)17-8-2-1-3-9-17)27(15-26-22)14-16-7-6-10-18(13-16)30(33)34/h4-7,10-13,15,17H,1-3,8-9,14H2. The summed E-state index contributed by atoms with van der Waals surface area (Å²) >= 11 is 6.45. The third-order valence-electron chi connectivity index (χ3n) is 6.36. The largest absolute Gasteiger partial charge is 0.337 e. The molecule has 9 nitrogen and oxygen atoms in total. The maximum absolute atomic E-state index is 13.7. The molecule has 2 aromatic heterocycles.